The summed E-state index contributed by atoms with van der Waals surface area (Å²) in [5.74, 6) is 1.74. The van der Waals surface area contributed by atoms with Crippen LogP contribution < -0.4 is 10.6 Å². The maximum atomic E-state index is 11.5. The van der Waals surface area contributed by atoms with Crippen LogP contribution in [0.15, 0.2) is 0 Å². The molecule has 2 unspecified atom stereocenters. The van der Waals surface area contributed by atoms with Gasteiger partial charge in [-0.25, -0.2) is 0 Å². The zero-order valence-electron chi connectivity index (χ0n) is 10.3. The van der Waals surface area contributed by atoms with Crippen molar-refractivity contribution in [2.24, 2.45) is 11.8 Å². The highest BCUT2D eigenvalue weighted by Crippen LogP contribution is 2.27. The highest BCUT2D eigenvalue weighted by Gasteiger charge is 2.22. The minimum atomic E-state index is 0.171. The van der Waals surface area contributed by atoms with Crippen molar-refractivity contribution in [3.63, 3.8) is 0 Å². The first-order chi connectivity index (χ1) is 7.74. The van der Waals surface area contributed by atoms with Gasteiger partial charge in [0.1, 0.15) is 0 Å². The molecule has 0 bridgehead atoms. The summed E-state index contributed by atoms with van der Waals surface area (Å²) in [6.07, 6.45) is 7.77. The molecule has 0 radical (unpaired) electrons. The topological polar surface area (TPSA) is 41.1 Å². The molecular formula is C13H24N2O. The van der Waals surface area contributed by atoms with Crippen LogP contribution >= 0.6 is 0 Å². The molecule has 2 fully saturated rings. The average molecular weight is 224 g/mol. The lowest BCUT2D eigenvalue weighted by atomic mass is 9.82. The van der Waals surface area contributed by atoms with Gasteiger partial charge >= 0.3 is 0 Å². The minimum absolute atomic E-state index is 0.171. The highest BCUT2D eigenvalue weighted by atomic mass is 16.1. The number of carbonyl (C=O) groups is 1. The number of carbonyl (C=O) groups excluding carboxylic acids is 1. The smallest absolute Gasteiger partial charge is 0.233 e. The Kier molecular flexibility index (Phi) is 4.22. The summed E-state index contributed by atoms with van der Waals surface area (Å²) in [4.78, 5) is 11.5. The van der Waals surface area contributed by atoms with E-state index >= 15 is 0 Å². The zero-order valence-corrected chi connectivity index (χ0v) is 10.3. The predicted molar refractivity (Wildman–Crippen MR) is 65.2 cm³/mol. The van der Waals surface area contributed by atoms with Gasteiger partial charge in [0.25, 0.3) is 0 Å². The van der Waals surface area contributed by atoms with Crippen molar-refractivity contribution in [3.8, 4) is 0 Å². The molecule has 0 saturated heterocycles. The second-order valence-electron chi connectivity index (χ2n) is 5.60. The van der Waals surface area contributed by atoms with Crippen molar-refractivity contribution in [1.29, 1.82) is 0 Å². The van der Waals surface area contributed by atoms with E-state index in [1.165, 1.54) is 38.5 Å². The van der Waals surface area contributed by atoms with E-state index in [2.05, 4.69) is 17.6 Å². The Morgan fingerprint density at radius 2 is 2.06 bits per heavy atom. The first kappa shape index (κ1) is 11.9. The third-order valence-corrected chi connectivity index (χ3v) is 3.76. The quantitative estimate of drug-likeness (QED) is 0.746. The number of amides is 1. The van der Waals surface area contributed by atoms with Crippen LogP contribution in [-0.2, 0) is 4.79 Å². The van der Waals surface area contributed by atoms with Crippen molar-refractivity contribution in [1.82, 2.24) is 10.6 Å². The summed E-state index contributed by atoms with van der Waals surface area (Å²) in [6, 6.07) is 0.625. The summed E-state index contributed by atoms with van der Waals surface area (Å²) in [5.41, 5.74) is 0. The lowest BCUT2D eigenvalue weighted by molar-refractivity contribution is -0.120. The normalized spacial score (nSPS) is 30.1. The summed E-state index contributed by atoms with van der Waals surface area (Å²) < 4.78 is 0. The fourth-order valence-electron chi connectivity index (χ4n) is 2.59. The molecule has 2 saturated carbocycles. The molecule has 2 rings (SSSR count). The molecule has 2 aliphatic carbocycles. The van der Waals surface area contributed by atoms with E-state index < -0.39 is 0 Å². The number of rotatable bonds is 5. The van der Waals surface area contributed by atoms with E-state index in [1.54, 1.807) is 0 Å². The molecule has 0 heterocycles. The SMILES string of the molecule is CC1CCCC(CNC(=O)CNC2CC2)C1. The van der Waals surface area contributed by atoms with Gasteiger partial charge in [-0.05, 0) is 37.5 Å². The van der Waals surface area contributed by atoms with Gasteiger partial charge in [0.2, 0.25) is 5.91 Å². The predicted octanol–water partition coefficient (Wildman–Crippen LogP) is 1.68. The molecule has 2 atom stereocenters. The van der Waals surface area contributed by atoms with Gasteiger partial charge in [0.15, 0.2) is 0 Å². The number of hydrogen-bond donors (Lipinski definition) is 2. The standard InChI is InChI=1S/C13H24N2O/c1-10-3-2-4-11(7-10)8-15-13(16)9-14-12-5-6-12/h10-12,14H,2-9H2,1H3,(H,15,16). The molecule has 0 spiro atoms. The largest absolute Gasteiger partial charge is 0.355 e. The maximum Gasteiger partial charge on any atom is 0.233 e. The van der Waals surface area contributed by atoms with Gasteiger partial charge < -0.3 is 10.6 Å². The molecule has 0 aromatic heterocycles. The van der Waals surface area contributed by atoms with Crippen LogP contribution in [0.25, 0.3) is 0 Å². The van der Waals surface area contributed by atoms with Crippen LogP contribution in [0.4, 0.5) is 0 Å². The molecule has 92 valence electrons. The Hall–Kier alpha value is -0.570. The van der Waals surface area contributed by atoms with Crippen molar-refractivity contribution >= 4 is 5.91 Å². The first-order valence-electron chi connectivity index (χ1n) is 6.74. The van der Waals surface area contributed by atoms with Crippen molar-refractivity contribution < 1.29 is 4.79 Å². The van der Waals surface area contributed by atoms with E-state index in [0.717, 1.165) is 12.5 Å². The van der Waals surface area contributed by atoms with Gasteiger partial charge in [0.05, 0.1) is 6.54 Å². The minimum Gasteiger partial charge on any atom is -0.355 e. The fourth-order valence-corrected chi connectivity index (χ4v) is 2.59. The monoisotopic (exact) mass is 224 g/mol. The van der Waals surface area contributed by atoms with E-state index in [1.807, 2.05) is 0 Å². The number of nitrogens with one attached hydrogen (secondary N) is 2. The second-order valence-corrected chi connectivity index (χ2v) is 5.60. The highest BCUT2D eigenvalue weighted by molar-refractivity contribution is 5.78. The third kappa shape index (κ3) is 4.12. The van der Waals surface area contributed by atoms with Gasteiger partial charge in [0, 0.05) is 12.6 Å². The van der Waals surface area contributed by atoms with E-state index in [9.17, 15) is 4.79 Å². The maximum absolute atomic E-state index is 11.5. The van der Waals surface area contributed by atoms with Crippen LogP contribution in [0.1, 0.15) is 45.4 Å². The molecule has 16 heavy (non-hydrogen) atoms. The molecule has 3 heteroatoms. The molecule has 3 nitrogen and oxygen atoms in total. The van der Waals surface area contributed by atoms with Crippen LogP contribution in [0, 0.1) is 11.8 Å². The van der Waals surface area contributed by atoms with Crippen LogP contribution in [0.2, 0.25) is 0 Å². The molecule has 2 N–H and O–H groups in total. The second kappa shape index (κ2) is 5.67. The van der Waals surface area contributed by atoms with Crippen molar-refractivity contribution in [2.75, 3.05) is 13.1 Å². The Morgan fingerprint density at radius 1 is 1.25 bits per heavy atom. The van der Waals surface area contributed by atoms with Gasteiger partial charge in [-0.15, -0.1) is 0 Å². The zero-order chi connectivity index (χ0) is 11.4. The van der Waals surface area contributed by atoms with E-state index in [4.69, 9.17) is 0 Å². The summed E-state index contributed by atoms with van der Waals surface area (Å²) >= 11 is 0. The first-order valence-corrected chi connectivity index (χ1v) is 6.74. The Balaban J connectivity index is 1.56. The van der Waals surface area contributed by atoms with E-state index in [0.29, 0.717) is 18.5 Å². The lowest BCUT2D eigenvalue weighted by Crippen LogP contribution is -2.38. The Morgan fingerprint density at radius 3 is 2.75 bits per heavy atom. The van der Waals surface area contributed by atoms with Gasteiger partial charge in [-0.3, -0.25) is 4.79 Å². The lowest BCUT2D eigenvalue weighted by Gasteiger charge is -2.26. The Labute approximate surface area is 98.4 Å². The van der Waals surface area contributed by atoms with Crippen molar-refractivity contribution in [2.45, 2.75) is 51.5 Å². The summed E-state index contributed by atoms with van der Waals surface area (Å²) in [5, 5.41) is 6.30. The van der Waals surface area contributed by atoms with Gasteiger partial charge in [-0.2, -0.15) is 0 Å². The van der Waals surface area contributed by atoms with Crippen molar-refractivity contribution in [3.05, 3.63) is 0 Å². The Bertz CT molecular complexity index is 238. The van der Waals surface area contributed by atoms with Crippen LogP contribution in [0.5, 0.6) is 0 Å². The molecule has 2 aliphatic rings. The molecule has 0 aromatic rings. The number of hydrogen-bond acceptors (Lipinski definition) is 2. The van der Waals surface area contributed by atoms with Gasteiger partial charge in [-0.1, -0.05) is 19.8 Å². The fraction of sp³-hybridized carbons (Fsp3) is 0.923. The molecule has 1 amide bonds. The summed E-state index contributed by atoms with van der Waals surface area (Å²) in [7, 11) is 0. The average Bonchev–Trinajstić information content (AvgIpc) is 3.07. The molecular weight excluding hydrogens is 200 g/mol. The molecule has 0 aromatic carbocycles. The molecule has 0 aliphatic heterocycles. The van der Waals surface area contributed by atoms with E-state index in [-0.39, 0.29) is 5.91 Å². The van der Waals surface area contributed by atoms with Crippen LogP contribution in [-0.4, -0.2) is 25.0 Å². The summed E-state index contributed by atoms with van der Waals surface area (Å²) in [6.45, 7) is 3.71. The van der Waals surface area contributed by atoms with Crippen LogP contribution in [0.3, 0.4) is 0 Å². The third-order valence-electron chi connectivity index (χ3n) is 3.76.